The zero-order valence-corrected chi connectivity index (χ0v) is 10.3. The van der Waals surface area contributed by atoms with Crippen molar-refractivity contribution in [1.29, 1.82) is 0 Å². The first-order valence-corrected chi connectivity index (χ1v) is 5.56. The highest BCUT2D eigenvalue weighted by molar-refractivity contribution is 4.66. The molecule has 0 spiro atoms. The first-order chi connectivity index (χ1) is 6.35. The van der Waals surface area contributed by atoms with E-state index in [1.807, 2.05) is 6.92 Å². The average Bonchev–Trinajstić information content (AvgIpc) is 2.09. The van der Waals surface area contributed by atoms with Crippen LogP contribution in [-0.4, -0.2) is 24.4 Å². The summed E-state index contributed by atoms with van der Waals surface area (Å²) in [5.74, 6) is 0. The lowest BCUT2D eigenvalue weighted by molar-refractivity contribution is 0.0783. The summed E-state index contributed by atoms with van der Waals surface area (Å²) in [6, 6.07) is 0. The molecule has 1 N–H and O–H groups in total. The van der Waals surface area contributed by atoms with E-state index >= 15 is 0 Å². The van der Waals surface area contributed by atoms with Gasteiger partial charge in [0.05, 0.1) is 12.2 Å². The molecule has 2 heteroatoms. The van der Waals surface area contributed by atoms with E-state index < -0.39 is 0 Å². The quantitative estimate of drug-likeness (QED) is 0.717. The molecule has 2 atom stereocenters. The second-order valence-electron chi connectivity index (χ2n) is 5.38. The number of rotatable bonds is 6. The van der Waals surface area contributed by atoms with Crippen molar-refractivity contribution in [2.75, 3.05) is 7.11 Å². The molecule has 2 unspecified atom stereocenters. The summed E-state index contributed by atoms with van der Waals surface area (Å²) < 4.78 is 5.13. The number of hydrogen-bond donors (Lipinski definition) is 1. The van der Waals surface area contributed by atoms with Crippen LogP contribution in [0.1, 0.15) is 53.4 Å². The standard InChI is InChI=1S/C12H26O2/c1-10(14-5)6-7-11(13)8-9-12(2,3)4/h10-11,13H,6-9H2,1-5H3. The number of aliphatic hydroxyl groups excluding tert-OH is 1. The van der Waals surface area contributed by atoms with E-state index in [1.165, 1.54) is 0 Å². The van der Waals surface area contributed by atoms with Crippen LogP contribution in [0.4, 0.5) is 0 Å². The van der Waals surface area contributed by atoms with Gasteiger partial charge in [0.1, 0.15) is 0 Å². The lowest BCUT2D eigenvalue weighted by Gasteiger charge is -2.20. The zero-order chi connectivity index (χ0) is 11.2. The van der Waals surface area contributed by atoms with Crippen LogP contribution in [0, 0.1) is 5.41 Å². The van der Waals surface area contributed by atoms with Crippen molar-refractivity contribution in [1.82, 2.24) is 0 Å². The van der Waals surface area contributed by atoms with E-state index in [0.717, 1.165) is 25.7 Å². The van der Waals surface area contributed by atoms with Crippen molar-refractivity contribution in [2.45, 2.75) is 65.6 Å². The van der Waals surface area contributed by atoms with Crippen LogP contribution < -0.4 is 0 Å². The molecule has 0 aliphatic carbocycles. The van der Waals surface area contributed by atoms with Crippen LogP contribution in [0.5, 0.6) is 0 Å². The Labute approximate surface area is 88.7 Å². The predicted molar refractivity (Wildman–Crippen MR) is 60.4 cm³/mol. The molecule has 0 aliphatic rings. The molecule has 0 radical (unpaired) electrons. The molecule has 86 valence electrons. The topological polar surface area (TPSA) is 29.5 Å². The Morgan fingerprint density at radius 2 is 1.71 bits per heavy atom. The van der Waals surface area contributed by atoms with E-state index in [9.17, 15) is 5.11 Å². The highest BCUT2D eigenvalue weighted by atomic mass is 16.5. The molecular weight excluding hydrogens is 176 g/mol. The Kier molecular flexibility index (Phi) is 6.38. The van der Waals surface area contributed by atoms with Gasteiger partial charge in [0, 0.05) is 7.11 Å². The summed E-state index contributed by atoms with van der Waals surface area (Å²) in [7, 11) is 1.71. The van der Waals surface area contributed by atoms with E-state index in [2.05, 4.69) is 20.8 Å². The third-order valence-electron chi connectivity index (χ3n) is 2.54. The van der Waals surface area contributed by atoms with Gasteiger partial charge in [-0.3, -0.25) is 0 Å². The van der Waals surface area contributed by atoms with Gasteiger partial charge in [-0.1, -0.05) is 20.8 Å². The van der Waals surface area contributed by atoms with Crippen molar-refractivity contribution < 1.29 is 9.84 Å². The normalized spacial score (nSPS) is 16.7. The molecule has 0 aromatic carbocycles. The summed E-state index contributed by atoms with van der Waals surface area (Å²) in [6.45, 7) is 8.66. The van der Waals surface area contributed by atoms with Gasteiger partial charge in [-0.05, 0) is 38.0 Å². The lowest BCUT2D eigenvalue weighted by Crippen LogP contribution is -2.15. The van der Waals surface area contributed by atoms with E-state index in [4.69, 9.17) is 4.74 Å². The van der Waals surface area contributed by atoms with E-state index in [1.54, 1.807) is 7.11 Å². The summed E-state index contributed by atoms with van der Waals surface area (Å²) in [6.07, 6.45) is 3.88. The van der Waals surface area contributed by atoms with Crippen LogP contribution in [0.2, 0.25) is 0 Å². The van der Waals surface area contributed by atoms with Crippen molar-refractivity contribution in [2.24, 2.45) is 5.41 Å². The summed E-state index contributed by atoms with van der Waals surface area (Å²) >= 11 is 0. The first-order valence-electron chi connectivity index (χ1n) is 5.56. The maximum atomic E-state index is 9.70. The van der Waals surface area contributed by atoms with Gasteiger partial charge in [-0.2, -0.15) is 0 Å². The molecule has 0 aromatic heterocycles. The summed E-state index contributed by atoms with van der Waals surface area (Å²) in [5, 5.41) is 9.70. The molecule has 0 amide bonds. The van der Waals surface area contributed by atoms with Gasteiger partial charge in [0.15, 0.2) is 0 Å². The van der Waals surface area contributed by atoms with E-state index in [0.29, 0.717) is 5.41 Å². The Morgan fingerprint density at radius 1 is 1.14 bits per heavy atom. The van der Waals surface area contributed by atoms with Crippen LogP contribution in [0.15, 0.2) is 0 Å². The molecule has 0 saturated carbocycles. The smallest absolute Gasteiger partial charge is 0.0544 e. The number of aliphatic hydroxyl groups is 1. The highest BCUT2D eigenvalue weighted by Crippen LogP contribution is 2.22. The molecule has 0 saturated heterocycles. The number of hydrogen-bond acceptors (Lipinski definition) is 2. The van der Waals surface area contributed by atoms with Crippen molar-refractivity contribution in [3.63, 3.8) is 0 Å². The fourth-order valence-electron chi connectivity index (χ4n) is 1.29. The molecular formula is C12H26O2. The first kappa shape index (κ1) is 13.9. The van der Waals surface area contributed by atoms with Gasteiger partial charge in [0.25, 0.3) is 0 Å². The van der Waals surface area contributed by atoms with Crippen LogP contribution in [-0.2, 0) is 4.74 Å². The highest BCUT2D eigenvalue weighted by Gasteiger charge is 2.14. The molecule has 0 heterocycles. The molecule has 0 rings (SSSR count). The predicted octanol–water partition coefficient (Wildman–Crippen LogP) is 2.99. The lowest BCUT2D eigenvalue weighted by atomic mass is 9.88. The van der Waals surface area contributed by atoms with Crippen molar-refractivity contribution in [3.05, 3.63) is 0 Å². The molecule has 14 heavy (non-hydrogen) atoms. The van der Waals surface area contributed by atoms with Gasteiger partial charge in [0.2, 0.25) is 0 Å². The summed E-state index contributed by atoms with van der Waals surface area (Å²) in [5.41, 5.74) is 0.327. The number of methoxy groups -OCH3 is 1. The van der Waals surface area contributed by atoms with Crippen LogP contribution in [0.3, 0.4) is 0 Å². The van der Waals surface area contributed by atoms with Crippen molar-refractivity contribution >= 4 is 0 Å². The van der Waals surface area contributed by atoms with Crippen LogP contribution in [0.25, 0.3) is 0 Å². The van der Waals surface area contributed by atoms with E-state index in [-0.39, 0.29) is 12.2 Å². The fraction of sp³-hybridized carbons (Fsp3) is 1.00. The second-order valence-corrected chi connectivity index (χ2v) is 5.38. The third-order valence-corrected chi connectivity index (χ3v) is 2.54. The fourth-order valence-corrected chi connectivity index (χ4v) is 1.29. The Hall–Kier alpha value is -0.0800. The maximum Gasteiger partial charge on any atom is 0.0544 e. The largest absolute Gasteiger partial charge is 0.393 e. The molecule has 0 aliphatic heterocycles. The zero-order valence-electron chi connectivity index (χ0n) is 10.3. The van der Waals surface area contributed by atoms with Gasteiger partial charge in [-0.15, -0.1) is 0 Å². The minimum Gasteiger partial charge on any atom is -0.393 e. The third kappa shape index (κ3) is 8.52. The minimum absolute atomic E-state index is 0.160. The number of ether oxygens (including phenoxy) is 1. The maximum absolute atomic E-state index is 9.70. The SMILES string of the molecule is COC(C)CCC(O)CCC(C)(C)C. The molecule has 0 bridgehead atoms. The Morgan fingerprint density at radius 3 is 2.14 bits per heavy atom. The molecule has 0 fully saturated rings. The molecule has 2 nitrogen and oxygen atoms in total. The van der Waals surface area contributed by atoms with Gasteiger partial charge in [-0.25, -0.2) is 0 Å². The van der Waals surface area contributed by atoms with Crippen molar-refractivity contribution in [3.8, 4) is 0 Å². The Bertz CT molecular complexity index is 138. The van der Waals surface area contributed by atoms with Crippen LogP contribution >= 0.6 is 0 Å². The minimum atomic E-state index is -0.160. The molecule has 0 aromatic rings. The van der Waals surface area contributed by atoms with Gasteiger partial charge < -0.3 is 9.84 Å². The monoisotopic (exact) mass is 202 g/mol. The van der Waals surface area contributed by atoms with Gasteiger partial charge >= 0.3 is 0 Å². The second kappa shape index (κ2) is 6.41. The Balaban J connectivity index is 3.51. The average molecular weight is 202 g/mol. The summed E-state index contributed by atoms with van der Waals surface area (Å²) in [4.78, 5) is 0.